The fraction of sp³-hybridized carbons (Fsp3) is 0.467. The second-order valence-electron chi connectivity index (χ2n) is 5.14. The summed E-state index contributed by atoms with van der Waals surface area (Å²) in [6, 6.07) is 4.71. The number of fused-ring (bicyclic) bond motifs is 1. The molecule has 1 aromatic carbocycles. The van der Waals surface area contributed by atoms with E-state index < -0.39 is 5.97 Å². The van der Waals surface area contributed by atoms with Gasteiger partial charge in [0.25, 0.3) is 0 Å². The normalized spacial score (nSPS) is 15.2. The minimum absolute atomic E-state index is 0.0485. The largest absolute Gasteiger partial charge is 0.478 e. The van der Waals surface area contributed by atoms with Crippen molar-refractivity contribution < 1.29 is 19.4 Å². The van der Waals surface area contributed by atoms with Crippen LogP contribution < -0.4 is 10.2 Å². The van der Waals surface area contributed by atoms with Gasteiger partial charge < -0.3 is 15.2 Å². The Bertz CT molecular complexity index is 544. The molecule has 6 nitrogen and oxygen atoms in total. The van der Waals surface area contributed by atoms with E-state index in [1.165, 1.54) is 6.07 Å². The summed E-state index contributed by atoms with van der Waals surface area (Å²) in [5.74, 6) is -0.951. The molecule has 1 heterocycles. The Kier molecular flexibility index (Phi) is 4.80. The van der Waals surface area contributed by atoms with E-state index in [2.05, 4.69) is 5.32 Å². The number of carbonyl (C=O) groups excluding carboxylic acids is 1. The van der Waals surface area contributed by atoms with Crippen LogP contribution >= 0.6 is 0 Å². The first-order valence-corrected chi connectivity index (χ1v) is 6.97. The van der Waals surface area contributed by atoms with Crippen molar-refractivity contribution in [3.63, 3.8) is 0 Å². The molecular weight excluding hydrogens is 272 g/mol. The number of urea groups is 1. The Morgan fingerprint density at radius 2 is 2.24 bits per heavy atom. The molecule has 21 heavy (non-hydrogen) atoms. The fourth-order valence-corrected chi connectivity index (χ4v) is 2.35. The molecule has 0 saturated heterocycles. The number of aromatic carboxylic acids is 1. The van der Waals surface area contributed by atoms with Crippen LogP contribution in [0.1, 0.15) is 29.3 Å². The maximum absolute atomic E-state index is 12.2. The smallest absolute Gasteiger partial charge is 0.335 e. The zero-order chi connectivity index (χ0) is 15.4. The van der Waals surface area contributed by atoms with Crippen LogP contribution in [0.2, 0.25) is 0 Å². The average molecular weight is 292 g/mol. The Hall–Kier alpha value is -2.08. The van der Waals surface area contributed by atoms with Crippen molar-refractivity contribution in [3.8, 4) is 0 Å². The molecule has 0 saturated carbocycles. The van der Waals surface area contributed by atoms with Crippen molar-refractivity contribution in [2.24, 2.45) is 0 Å². The molecule has 2 rings (SSSR count). The molecule has 0 aliphatic carbocycles. The van der Waals surface area contributed by atoms with Gasteiger partial charge >= 0.3 is 12.0 Å². The number of carboxylic acid groups (broad SMARTS) is 1. The molecule has 1 aromatic rings. The number of nitrogens with zero attached hydrogens (tertiary/aromatic N) is 1. The van der Waals surface area contributed by atoms with Gasteiger partial charge in [-0.05, 0) is 43.5 Å². The number of hydrogen-bond acceptors (Lipinski definition) is 3. The molecule has 0 fully saturated rings. The van der Waals surface area contributed by atoms with E-state index in [9.17, 15) is 9.59 Å². The highest BCUT2D eigenvalue weighted by atomic mass is 16.5. The minimum atomic E-state index is -0.951. The number of anilines is 1. The molecular formula is C15H20N2O4. The number of carboxylic acids is 1. The van der Waals surface area contributed by atoms with Crippen LogP contribution in [0, 0.1) is 0 Å². The number of rotatable bonds is 4. The van der Waals surface area contributed by atoms with Crippen molar-refractivity contribution in [2.45, 2.75) is 25.9 Å². The first-order valence-electron chi connectivity index (χ1n) is 6.97. The molecule has 1 atom stereocenters. The second-order valence-corrected chi connectivity index (χ2v) is 5.14. The van der Waals surface area contributed by atoms with Crippen molar-refractivity contribution in [2.75, 3.05) is 25.1 Å². The summed E-state index contributed by atoms with van der Waals surface area (Å²) in [7, 11) is 1.60. The van der Waals surface area contributed by atoms with Crippen LogP contribution in [0.4, 0.5) is 10.5 Å². The number of methoxy groups -OCH3 is 1. The van der Waals surface area contributed by atoms with Crippen LogP contribution in [0.15, 0.2) is 18.2 Å². The SMILES string of the molecule is COC(C)CNC(=O)N1CCCc2cc(C(=O)O)ccc21. The first kappa shape index (κ1) is 15.3. The standard InChI is InChI=1S/C15H20N2O4/c1-10(21-2)9-16-15(20)17-7-3-4-11-8-12(14(18)19)5-6-13(11)17/h5-6,8,10H,3-4,7,9H2,1-2H3,(H,16,20)(H,18,19). The molecule has 1 aliphatic heterocycles. The van der Waals surface area contributed by atoms with Crippen molar-refractivity contribution in [1.29, 1.82) is 0 Å². The molecule has 1 unspecified atom stereocenters. The molecule has 0 radical (unpaired) electrons. The van der Waals surface area contributed by atoms with Gasteiger partial charge in [-0.25, -0.2) is 9.59 Å². The van der Waals surface area contributed by atoms with Gasteiger partial charge in [-0.3, -0.25) is 4.90 Å². The topological polar surface area (TPSA) is 78.9 Å². The lowest BCUT2D eigenvalue weighted by atomic mass is 9.99. The van der Waals surface area contributed by atoms with Crippen molar-refractivity contribution in [3.05, 3.63) is 29.3 Å². The number of carbonyl (C=O) groups is 2. The van der Waals surface area contributed by atoms with Crippen LogP contribution in [-0.2, 0) is 11.2 Å². The summed E-state index contributed by atoms with van der Waals surface area (Å²) in [6.07, 6.45) is 1.56. The number of aryl methyl sites for hydroxylation is 1. The second kappa shape index (κ2) is 6.58. The third-order valence-electron chi connectivity index (χ3n) is 3.63. The lowest BCUT2D eigenvalue weighted by Crippen LogP contribution is -2.45. The summed E-state index contributed by atoms with van der Waals surface area (Å²) >= 11 is 0. The van der Waals surface area contributed by atoms with Crippen LogP contribution in [0.5, 0.6) is 0 Å². The van der Waals surface area contributed by atoms with E-state index in [1.54, 1.807) is 24.1 Å². The summed E-state index contributed by atoms with van der Waals surface area (Å²) in [6.45, 7) is 2.95. The number of hydrogen-bond donors (Lipinski definition) is 2. The zero-order valence-corrected chi connectivity index (χ0v) is 12.3. The maximum atomic E-state index is 12.2. The summed E-state index contributed by atoms with van der Waals surface area (Å²) < 4.78 is 5.10. The monoisotopic (exact) mass is 292 g/mol. The van der Waals surface area contributed by atoms with Gasteiger partial charge in [-0.1, -0.05) is 0 Å². The summed E-state index contributed by atoms with van der Waals surface area (Å²) in [5.41, 5.74) is 1.94. The quantitative estimate of drug-likeness (QED) is 0.888. The van der Waals surface area contributed by atoms with Crippen LogP contribution in [-0.4, -0.2) is 43.4 Å². The van der Waals surface area contributed by atoms with Gasteiger partial charge in [-0.15, -0.1) is 0 Å². The maximum Gasteiger partial charge on any atom is 0.335 e. The van der Waals surface area contributed by atoms with Gasteiger partial charge in [0.2, 0.25) is 0 Å². The Labute approximate surface area is 123 Å². The minimum Gasteiger partial charge on any atom is -0.478 e. The molecule has 6 heteroatoms. The number of amides is 2. The zero-order valence-electron chi connectivity index (χ0n) is 12.3. The van der Waals surface area contributed by atoms with E-state index in [0.717, 1.165) is 24.1 Å². The van der Waals surface area contributed by atoms with Gasteiger partial charge in [0, 0.05) is 25.9 Å². The van der Waals surface area contributed by atoms with Crippen LogP contribution in [0.3, 0.4) is 0 Å². The Morgan fingerprint density at radius 1 is 1.48 bits per heavy atom. The van der Waals surface area contributed by atoms with Crippen LogP contribution in [0.25, 0.3) is 0 Å². The van der Waals surface area contributed by atoms with E-state index in [-0.39, 0.29) is 17.7 Å². The highest BCUT2D eigenvalue weighted by Gasteiger charge is 2.23. The third-order valence-corrected chi connectivity index (χ3v) is 3.63. The molecule has 0 aromatic heterocycles. The average Bonchev–Trinajstić information content (AvgIpc) is 2.50. The number of ether oxygens (including phenoxy) is 1. The molecule has 0 bridgehead atoms. The summed E-state index contributed by atoms with van der Waals surface area (Å²) in [5, 5.41) is 11.9. The lowest BCUT2D eigenvalue weighted by molar-refractivity contribution is 0.0696. The Balaban J connectivity index is 2.14. The van der Waals surface area contributed by atoms with E-state index in [1.807, 2.05) is 6.92 Å². The predicted octanol–water partition coefficient (Wildman–Crippen LogP) is 1.88. The highest BCUT2D eigenvalue weighted by Crippen LogP contribution is 2.28. The predicted molar refractivity (Wildman–Crippen MR) is 78.9 cm³/mol. The highest BCUT2D eigenvalue weighted by molar-refractivity contribution is 5.95. The van der Waals surface area contributed by atoms with E-state index >= 15 is 0 Å². The number of benzene rings is 1. The lowest BCUT2D eigenvalue weighted by Gasteiger charge is -2.30. The molecule has 0 spiro atoms. The first-order chi connectivity index (χ1) is 10.0. The van der Waals surface area contributed by atoms with Crippen molar-refractivity contribution >= 4 is 17.7 Å². The number of nitrogens with one attached hydrogen (secondary N) is 1. The molecule has 2 N–H and O–H groups in total. The van der Waals surface area contributed by atoms with E-state index in [0.29, 0.717) is 13.1 Å². The van der Waals surface area contributed by atoms with E-state index in [4.69, 9.17) is 9.84 Å². The van der Waals surface area contributed by atoms with Gasteiger partial charge in [0.1, 0.15) is 0 Å². The molecule has 114 valence electrons. The fourth-order valence-electron chi connectivity index (χ4n) is 2.35. The molecule has 2 amide bonds. The van der Waals surface area contributed by atoms with Gasteiger partial charge in [-0.2, -0.15) is 0 Å². The third kappa shape index (κ3) is 3.52. The molecule has 1 aliphatic rings. The van der Waals surface area contributed by atoms with Gasteiger partial charge in [0.15, 0.2) is 0 Å². The van der Waals surface area contributed by atoms with Gasteiger partial charge in [0.05, 0.1) is 11.7 Å². The summed E-state index contributed by atoms with van der Waals surface area (Å²) in [4.78, 5) is 24.9. The van der Waals surface area contributed by atoms with Crippen molar-refractivity contribution in [1.82, 2.24) is 5.32 Å². The Morgan fingerprint density at radius 3 is 2.90 bits per heavy atom.